The minimum absolute atomic E-state index is 0.947. The van der Waals surface area contributed by atoms with Crippen LogP contribution < -0.4 is 0 Å². The smallest absolute Gasteiger partial charge is 0.0351 e. The minimum Gasteiger partial charge on any atom is -0.0917 e. The van der Waals surface area contributed by atoms with Crippen molar-refractivity contribution in [3.63, 3.8) is 0 Å². The van der Waals surface area contributed by atoms with Crippen LogP contribution in [0.5, 0.6) is 0 Å². The summed E-state index contributed by atoms with van der Waals surface area (Å²) in [7, 11) is 0. The molecule has 0 spiro atoms. The molecule has 0 saturated carbocycles. The fourth-order valence-electron chi connectivity index (χ4n) is 2.72. The summed E-state index contributed by atoms with van der Waals surface area (Å²) in [5.74, 6) is 0.947. The summed E-state index contributed by atoms with van der Waals surface area (Å²) < 4.78 is 0. The third kappa shape index (κ3) is 15.8. The van der Waals surface area contributed by atoms with E-state index in [-0.39, 0.29) is 0 Å². The molecule has 0 bridgehead atoms. The van der Waals surface area contributed by atoms with E-state index in [2.05, 4.69) is 32.9 Å². The highest BCUT2D eigenvalue weighted by Crippen LogP contribution is 2.15. The van der Waals surface area contributed by atoms with Crippen molar-refractivity contribution in [1.82, 2.24) is 0 Å². The van der Waals surface area contributed by atoms with Gasteiger partial charge in [-0.3, -0.25) is 0 Å². The molecule has 0 aliphatic heterocycles. The molecule has 0 heteroatoms. The molecule has 20 heavy (non-hydrogen) atoms. The van der Waals surface area contributed by atoms with Crippen molar-refractivity contribution in [3.8, 4) is 0 Å². The maximum absolute atomic E-state index is 2.39. The molecule has 0 radical (unpaired) electrons. The van der Waals surface area contributed by atoms with E-state index in [0.717, 1.165) is 5.92 Å². The first-order valence-electron chi connectivity index (χ1n) is 9.42. The van der Waals surface area contributed by atoms with Gasteiger partial charge in [-0.05, 0) is 25.7 Å². The lowest BCUT2D eigenvalue weighted by atomic mass is 9.99. The Morgan fingerprint density at radius 2 is 1.15 bits per heavy atom. The Morgan fingerprint density at radius 1 is 0.700 bits per heavy atom. The van der Waals surface area contributed by atoms with E-state index in [1.54, 1.807) is 0 Å². The first-order valence-corrected chi connectivity index (χ1v) is 9.42. The first-order chi connectivity index (χ1) is 9.81. The van der Waals surface area contributed by atoms with Crippen molar-refractivity contribution in [1.29, 1.82) is 0 Å². The van der Waals surface area contributed by atoms with Crippen LogP contribution in [0.15, 0.2) is 12.2 Å². The lowest BCUT2D eigenvalue weighted by Crippen LogP contribution is -1.91. The molecule has 0 aromatic heterocycles. The fraction of sp³-hybridized carbons (Fsp3) is 0.900. The predicted octanol–water partition coefficient (Wildman–Crippen LogP) is 7.68. The van der Waals surface area contributed by atoms with Crippen LogP contribution in [0.2, 0.25) is 0 Å². The van der Waals surface area contributed by atoms with Gasteiger partial charge in [-0.2, -0.15) is 0 Å². The van der Waals surface area contributed by atoms with Gasteiger partial charge in [0.1, 0.15) is 0 Å². The second kappa shape index (κ2) is 16.8. The molecule has 0 amide bonds. The Kier molecular flexibility index (Phi) is 16.6. The van der Waals surface area contributed by atoms with Crippen LogP contribution in [0.1, 0.15) is 111 Å². The van der Waals surface area contributed by atoms with Gasteiger partial charge >= 0.3 is 0 Å². The Balaban J connectivity index is 2.99. The number of unbranched alkanes of at least 4 members (excludes halogenated alkanes) is 11. The van der Waals surface area contributed by atoms with E-state index in [1.165, 1.54) is 89.9 Å². The van der Waals surface area contributed by atoms with Crippen molar-refractivity contribution in [3.05, 3.63) is 12.2 Å². The summed E-state index contributed by atoms with van der Waals surface area (Å²) in [6, 6.07) is 0. The van der Waals surface area contributed by atoms with Gasteiger partial charge in [-0.25, -0.2) is 0 Å². The molecule has 1 atom stereocenters. The van der Waals surface area contributed by atoms with Crippen molar-refractivity contribution in [2.24, 2.45) is 5.92 Å². The summed E-state index contributed by atoms with van der Waals surface area (Å²) in [4.78, 5) is 0. The Morgan fingerprint density at radius 3 is 1.60 bits per heavy atom. The largest absolute Gasteiger partial charge is 0.0917 e. The van der Waals surface area contributed by atoms with E-state index >= 15 is 0 Å². The van der Waals surface area contributed by atoms with Crippen molar-refractivity contribution < 1.29 is 0 Å². The number of allylic oxidation sites excluding steroid dienone is 2. The normalized spacial score (nSPS) is 13.2. The monoisotopic (exact) mass is 280 g/mol. The quantitative estimate of drug-likeness (QED) is 0.213. The first kappa shape index (κ1) is 19.7. The van der Waals surface area contributed by atoms with Crippen LogP contribution in [0.25, 0.3) is 0 Å². The lowest BCUT2D eigenvalue weighted by molar-refractivity contribution is 0.468. The summed E-state index contributed by atoms with van der Waals surface area (Å²) >= 11 is 0. The summed E-state index contributed by atoms with van der Waals surface area (Å²) in [6.45, 7) is 6.81. The molecule has 0 aliphatic rings. The lowest BCUT2D eigenvalue weighted by Gasteiger charge is -2.07. The van der Waals surface area contributed by atoms with Gasteiger partial charge in [-0.1, -0.05) is 103 Å². The Hall–Kier alpha value is -0.260. The van der Waals surface area contributed by atoms with E-state index in [4.69, 9.17) is 0 Å². The highest BCUT2D eigenvalue weighted by atomic mass is 14.0. The van der Waals surface area contributed by atoms with Crippen LogP contribution in [-0.4, -0.2) is 0 Å². The molecular formula is C20H40. The zero-order valence-corrected chi connectivity index (χ0v) is 14.6. The zero-order chi connectivity index (χ0) is 14.9. The molecule has 0 rings (SSSR count). The summed E-state index contributed by atoms with van der Waals surface area (Å²) in [6.07, 6.45) is 24.6. The average Bonchev–Trinajstić information content (AvgIpc) is 2.47. The molecule has 0 saturated heterocycles. The van der Waals surface area contributed by atoms with Gasteiger partial charge in [0, 0.05) is 0 Å². The molecule has 0 N–H and O–H groups in total. The van der Waals surface area contributed by atoms with Gasteiger partial charge in [0.25, 0.3) is 0 Å². The van der Waals surface area contributed by atoms with Gasteiger partial charge in [0.2, 0.25) is 0 Å². The summed E-state index contributed by atoms with van der Waals surface area (Å²) in [5.41, 5.74) is 0. The third-order valence-electron chi connectivity index (χ3n) is 4.50. The third-order valence-corrected chi connectivity index (χ3v) is 4.50. The predicted molar refractivity (Wildman–Crippen MR) is 94.3 cm³/mol. The van der Waals surface area contributed by atoms with Crippen molar-refractivity contribution >= 4 is 0 Å². The molecule has 0 aromatic carbocycles. The van der Waals surface area contributed by atoms with Crippen LogP contribution in [0, 0.1) is 5.92 Å². The number of hydrogen-bond donors (Lipinski definition) is 0. The minimum atomic E-state index is 0.947. The SMILES string of the molecule is C/C=C\CCCCCCCCCCCCCC(C)CC. The highest BCUT2D eigenvalue weighted by molar-refractivity contribution is 4.76. The second-order valence-electron chi connectivity index (χ2n) is 6.55. The fourth-order valence-corrected chi connectivity index (χ4v) is 2.72. The van der Waals surface area contributed by atoms with Crippen LogP contribution in [-0.2, 0) is 0 Å². The molecule has 1 unspecified atom stereocenters. The molecule has 0 heterocycles. The Bertz CT molecular complexity index is 192. The standard InChI is InChI=1S/C20H40/c1-4-6-7-8-9-10-11-12-13-14-15-16-17-18-19-20(3)5-2/h4,6,20H,5,7-19H2,1-3H3/b6-4-. The molecule has 0 nitrogen and oxygen atoms in total. The highest BCUT2D eigenvalue weighted by Gasteiger charge is 1.98. The maximum atomic E-state index is 2.39. The van der Waals surface area contributed by atoms with Crippen molar-refractivity contribution in [2.75, 3.05) is 0 Å². The molecule has 0 fully saturated rings. The second-order valence-corrected chi connectivity index (χ2v) is 6.55. The molecular weight excluding hydrogens is 240 g/mol. The van der Waals surface area contributed by atoms with E-state index in [0.29, 0.717) is 0 Å². The van der Waals surface area contributed by atoms with Gasteiger partial charge < -0.3 is 0 Å². The van der Waals surface area contributed by atoms with Crippen LogP contribution in [0.3, 0.4) is 0 Å². The van der Waals surface area contributed by atoms with Crippen LogP contribution in [0.4, 0.5) is 0 Å². The van der Waals surface area contributed by atoms with Crippen LogP contribution >= 0.6 is 0 Å². The number of rotatable bonds is 15. The maximum Gasteiger partial charge on any atom is -0.0351 e. The Labute approximate surface area is 129 Å². The molecule has 0 aliphatic carbocycles. The van der Waals surface area contributed by atoms with Gasteiger partial charge in [-0.15, -0.1) is 0 Å². The van der Waals surface area contributed by atoms with Gasteiger partial charge in [0.05, 0.1) is 0 Å². The number of hydrogen-bond acceptors (Lipinski definition) is 0. The topological polar surface area (TPSA) is 0 Å². The zero-order valence-electron chi connectivity index (χ0n) is 14.6. The molecule has 120 valence electrons. The molecule has 0 aromatic rings. The van der Waals surface area contributed by atoms with Crippen molar-refractivity contribution in [2.45, 2.75) is 111 Å². The average molecular weight is 281 g/mol. The van der Waals surface area contributed by atoms with E-state index < -0.39 is 0 Å². The van der Waals surface area contributed by atoms with E-state index in [9.17, 15) is 0 Å². The van der Waals surface area contributed by atoms with E-state index in [1.807, 2.05) is 0 Å². The van der Waals surface area contributed by atoms with Gasteiger partial charge in [0.15, 0.2) is 0 Å². The summed E-state index contributed by atoms with van der Waals surface area (Å²) in [5, 5.41) is 0.